The van der Waals surface area contributed by atoms with Crippen LogP contribution in [0.4, 0.5) is 0 Å². The highest BCUT2D eigenvalue weighted by atomic mass is 16.6. The Morgan fingerprint density at radius 1 is 1.83 bits per heavy atom. The third-order valence-electron chi connectivity index (χ3n) is 1.82. The number of esters is 1. The molecule has 12 heavy (non-hydrogen) atoms. The molecule has 0 radical (unpaired) electrons. The van der Waals surface area contributed by atoms with E-state index < -0.39 is 0 Å². The summed E-state index contributed by atoms with van der Waals surface area (Å²) in [6.07, 6.45) is 0.294. The first-order chi connectivity index (χ1) is 5.61. The number of carbonyl (C=O) groups is 1. The second-order valence-corrected chi connectivity index (χ2v) is 3.23. The SMILES string of the molecule is C=C(C)C(=O)OCC(C)C1CO1. The predicted molar refractivity (Wildman–Crippen MR) is 44.7 cm³/mol. The van der Waals surface area contributed by atoms with E-state index in [1.54, 1.807) is 6.92 Å². The van der Waals surface area contributed by atoms with Gasteiger partial charge >= 0.3 is 5.97 Å². The Balaban J connectivity index is 2.15. The van der Waals surface area contributed by atoms with Crippen molar-refractivity contribution in [1.29, 1.82) is 0 Å². The third kappa shape index (κ3) is 2.66. The van der Waals surface area contributed by atoms with E-state index in [2.05, 4.69) is 6.58 Å². The van der Waals surface area contributed by atoms with Crippen LogP contribution in [0.1, 0.15) is 13.8 Å². The Morgan fingerprint density at radius 3 is 2.83 bits per heavy atom. The summed E-state index contributed by atoms with van der Waals surface area (Å²) < 4.78 is 10.00. The van der Waals surface area contributed by atoms with E-state index in [0.29, 0.717) is 24.2 Å². The minimum absolute atomic E-state index is 0.294. The van der Waals surface area contributed by atoms with Crippen LogP contribution in [0.3, 0.4) is 0 Å². The normalized spacial score (nSPS) is 23.0. The van der Waals surface area contributed by atoms with Crippen LogP contribution in [0.2, 0.25) is 0 Å². The average Bonchev–Trinajstić information content (AvgIpc) is 2.81. The molecule has 1 aliphatic heterocycles. The summed E-state index contributed by atoms with van der Waals surface area (Å²) in [4.78, 5) is 10.9. The number of hydrogen-bond acceptors (Lipinski definition) is 3. The van der Waals surface area contributed by atoms with Gasteiger partial charge in [0, 0.05) is 11.5 Å². The lowest BCUT2D eigenvalue weighted by atomic mass is 10.1. The Bertz CT molecular complexity index is 194. The zero-order valence-corrected chi connectivity index (χ0v) is 7.50. The average molecular weight is 170 g/mol. The summed E-state index contributed by atoms with van der Waals surface area (Å²) in [7, 11) is 0. The first-order valence-electron chi connectivity index (χ1n) is 4.05. The van der Waals surface area contributed by atoms with E-state index in [9.17, 15) is 4.79 Å². The lowest BCUT2D eigenvalue weighted by molar-refractivity contribution is -0.140. The third-order valence-corrected chi connectivity index (χ3v) is 1.82. The fourth-order valence-corrected chi connectivity index (χ4v) is 0.822. The van der Waals surface area contributed by atoms with Crippen molar-refractivity contribution >= 4 is 5.97 Å². The molecule has 3 heteroatoms. The molecule has 0 aliphatic carbocycles. The Labute approximate surface area is 72.4 Å². The van der Waals surface area contributed by atoms with Crippen LogP contribution in [0.25, 0.3) is 0 Å². The van der Waals surface area contributed by atoms with Crippen molar-refractivity contribution in [1.82, 2.24) is 0 Å². The van der Waals surface area contributed by atoms with Crippen molar-refractivity contribution in [3.05, 3.63) is 12.2 Å². The van der Waals surface area contributed by atoms with Crippen LogP contribution in [0.5, 0.6) is 0 Å². The Hall–Kier alpha value is -0.830. The van der Waals surface area contributed by atoms with Crippen LogP contribution in [-0.4, -0.2) is 25.3 Å². The van der Waals surface area contributed by atoms with Gasteiger partial charge in [-0.25, -0.2) is 4.79 Å². The van der Waals surface area contributed by atoms with Crippen LogP contribution in [0.15, 0.2) is 12.2 Å². The second-order valence-electron chi connectivity index (χ2n) is 3.23. The summed E-state index contributed by atoms with van der Waals surface area (Å²) in [5, 5.41) is 0. The van der Waals surface area contributed by atoms with Gasteiger partial charge in [-0.2, -0.15) is 0 Å². The maximum atomic E-state index is 10.9. The second kappa shape index (κ2) is 3.72. The van der Waals surface area contributed by atoms with Gasteiger partial charge in [0.2, 0.25) is 0 Å². The van der Waals surface area contributed by atoms with Crippen LogP contribution < -0.4 is 0 Å². The lowest BCUT2D eigenvalue weighted by Crippen LogP contribution is -2.16. The van der Waals surface area contributed by atoms with Crippen molar-refractivity contribution < 1.29 is 14.3 Å². The van der Waals surface area contributed by atoms with Crippen molar-refractivity contribution in [3.8, 4) is 0 Å². The largest absolute Gasteiger partial charge is 0.462 e. The van der Waals surface area contributed by atoms with Crippen LogP contribution in [-0.2, 0) is 14.3 Å². The van der Waals surface area contributed by atoms with E-state index in [-0.39, 0.29) is 5.97 Å². The van der Waals surface area contributed by atoms with Crippen molar-refractivity contribution in [2.75, 3.05) is 13.2 Å². The van der Waals surface area contributed by atoms with E-state index in [4.69, 9.17) is 9.47 Å². The van der Waals surface area contributed by atoms with Gasteiger partial charge in [0.05, 0.1) is 19.3 Å². The van der Waals surface area contributed by atoms with Gasteiger partial charge in [-0.15, -0.1) is 0 Å². The molecule has 0 aromatic carbocycles. The molecule has 1 fully saturated rings. The standard InChI is InChI=1S/C9H14O3/c1-6(2)9(10)12-4-7(3)8-5-11-8/h7-8H,1,4-5H2,2-3H3. The highest BCUT2D eigenvalue weighted by molar-refractivity contribution is 5.86. The van der Waals surface area contributed by atoms with Gasteiger partial charge in [0.25, 0.3) is 0 Å². The molecular weight excluding hydrogens is 156 g/mol. The Morgan fingerprint density at radius 2 is 2.42 bits per heavy atom. The molecule has 0 N–H and O–H groups in total. The molecule has 2 atom stereocenters. The number of hydrogen-bond donors (Lipinski definition) is 0. The summed E-state index contributed by atoms with van der Waals surface area (Å²) in [6.45, 7) is 8.35. The first kappa shape index (κ1) is 9.26. The van der Waals surface area contributed by atoms with Crippen molar-refractivity contribution in [2.45, 2.75) is 20.0 Å². The van der Waals surface area contributed by atoms with Crippen molar-refractivity contribution in [3.63, 3.8) is 0 Å². The summed E-state index contributed by atoms with van der Waals surface area (Å²) in [6, 6.07) is 0. The van der Waals surface area contributed by atoms with Gasteiger partial charge < -0.3 is 9.47 Å². The van der Waals surface area contributed by atoms with Gasteiger partial charge in [-0.1, -0.05) is 13.5 Å². The maximum absolute atomic E-state index is 10.9. The summed E-state index contributed by atoms with van der Waals surface area (Å²) in [5.74, 6) is -0.0178. The lowest BCUT2D eigenvalue weighted by Gasteiger charge is -2.08. The summed E-state index contributed by atoms with van der Waals surface area (Å²) in [5.41, 5.74) is 0.443. The fraction of sp³-hybridized carbons (Fsp3) is 0.667. The zero-order chi connectivity index (χ0) is 9.14. The van der Waals surface area contributed by atoms with E-state index in [0.717, 1.165) is 6.61 Å². The molecule has 0 spiro atoms. The van der Waals surface area contributed by atoms with E-state index >= 15 is 0 Å². The zero-order valence-electron chi connectivity index (χ0n) is 7.50. The molecule has 0 saturated carbocycles. The number of epoxide rings is 1. The van der Waals surface area contributed by atoms with Crippen LogP contribution in [0, 0.1) is 5.92 Å². The molecular formula is C9H14O3. The number of carbonyl (C=O) groups excluding carboxylic acids is 1. The molecule has 2 unspecified atom stereocenters. The molecule has 0 aromatic rings. The molecule has 68 valence electrons. The van der Waals surface area contributed by atoms with Gasteiger partial charge in [0.1, 0.15) is 0 Å². The molecule has 1 rings (SSSR count). The minimum Gasteiger partial charge on any atom is -0.462 e. The van der Waals surface area contributed by atoms with Gasteiger partial charge in [-0.3, -0.25) is 0 Å². The molecule has 0 bridgehead atoms. The molecule has 1 aliphatic rings. The molecule has 0 aromatic heterocycles. The minimum atomic E-state index is -0.317. The highest BCUT2D eigenvalue weighted by Crippen LogP contribution is 2.19. The molecule has 3 nitrogen and oxygen atoms in total. The maximum Gasteiger partial charge on any atom is 0.333 e. The molecule has 1 saturated heterocycles. The highest BCUT2D eigenvalue weighted by Gasteiger charge is 2.30. The summed E-state index contributed by atoms with van der Waals surface area (Å²) >= 11 is 0. The molecule has 1 heterocycles. The smallest absolute Gasteiger partial charge is 0.333 e. The van der Waals surface area contributed by atoms with Crippen molar-refractivity contribution in [2.24, 2.45) is 5.92 Å². The Kier molecular flexibility index (Phi) is 2.87. The first-order valence-corrected chi connectivity index (χ1v) is 4.05. The monoisotopic (exact) mass is 170 g/mol. The van der Waals surface area contributed by atoms with Gasteiger partial charge in [0.15, 0.2) is 0 Å². The van der Waals surface area contributed by atoms with E-state index in [1.165, 1.54) is 0 Å². The number of ether oxygens (including phenoxy) is 2. The van der Waals surface area contributed by atoms with Gasteiger partial charge in [-0.05, 0) is 6.92 Å². The fourth-order valence-electron chi connectivity index (χ4n) is 0.822. The van der Waals surface area contributed by atoms with Crippen LogP contribution >= 0.6 is 0 Å². The quantitative estimate of drug-likeness (QED) is 0.361. The van der Waals surface area contributed by atoms with E-state index in [1.807, 2.05) is 6.92 Å². The predicted octanol–water partition coefficient (Wildman–Crippen LogP) is 1.14. The number of rotatable bonds is 4. The molecule has 0 amide bonds. The topological polar surface area (TPSA) is 38.8 Å².